The number of ketones is 1. The lowest BCUT2D eigenvalue weighted by molar-refractivity contribution is -0.132. The van der Waals surface area contributed by atoms with Crippen LogP contribution >= 0.6 is 0 Å². The zero-order valence-corrected chi connectivity index (χ0v) is 16.4. The van der Waals surface area contributed by atoms with Crippen molar-refractivity contribution in [3.05, 3.63) is 47.5 Å². The van der Waals surface area contributed by atoms with E-state index in [1.807, 2.05) is 0 Å². The molecule has 0 bridgehead atoms. The van der Waals surface area contributed by atoms with Gasteiger partial charge in [-0.3, -0.25) is 9.59 Å². The van der Waals surface area contributed by atoms with Crippen molar-refractivity contribution in [2.45, 2.75) is 6.92 Å². The number of ether oxygens (including phenoxy) is 5. The Labute approximate surface area is 163 Å². The molecule has 0 saturated heterocycles. The molecule has 0 fully saturated rings. The third kappa shape index (κ3) is 4.82. The van der Waals surface area contributed by atoms with Gasteiger partial charge in [0.15, 0.2) is 28.8 Å². The van der Waals surface area contributed by atoms with Gasteiger partial charge < -0.3 is 23.7 Å². The fourth-order valence-electron chi connectivity index (χ4n) is 2.53. The van der Waals surface area contributed by atoms with Crippen molar-refractivity contribution in [2.24, 2.45) is 0 Å². The molecule has 0 saturated carbocycles. The Morgan fingerprint density at radius 1 is 0.786 bits per heavy atom. The highest BCUT2D eigenvalue weighted by atomic mass is 16.6. The number of rotatable bonds is 8. The highest BCUT2D eigenvalue weighted by Gasteiger charge is 2.13. The standard InChI is InChI=1S/C21H22O7/c1-13(22)28-18-12-15(7-9-17(18)24-2)16(23)8-6-14-10-19(25-3)21(27-5)20(11-14)26-4/h6-12H,1-5H3. The second kappa shape index (κ2) is 9.45. The highest BCUT2D eigenvalue weighted by Crippen LogP contribution is 2.38. The molecular formula is C21H22O7. The first kappa shape index (κ1) is 20.8. The highest BCUT2D eigenvalue weighted by molar-refractivity contribution is 6.07. The number of benzene rings is 2. The van der Waals surface area contributed by atoms with E-state index in [9.17, 15) is 9.59 Å². The fourth-order valence-corrected chi connectivity index (χ4v) is 2.53. The Bertz CT molecular complexity index is 875. The minimum absolute atomic E-state index is 0.182. The molecule has 0 N–H and O–H groups in total. The maximum absolute atomic E-state index is 12.5. The van der Waals surface area contributed by atoms with Crippen LogP contribution in [0.5, 0.6) is 28.7 Å². The summed E-state index contributed by atoms with van der Waals surface area (Å²) < 4.78 is 26.1. The largest absolute Gasteiger partial charge is 0.493 e. The maximum atomic E-state index is 12.5. The summed E-state index contributed by atoms with van der Waals surface area (Å²) in [5.41, 5.74) is 1.04. The first-order valence-electron chi connectivity index (χ1n) is 8.32. The van der Waals surface area contributed by atoms with Crippen molar-refractivity contribution in [3.8, 4) is 28.7 Å². The number of carbonyl (C=O) groups is 2. The maximum Gasteiger partial charge on any atom is 0.308 e. The van der Waals surface area contributed by atoms with Crippen molar-refractivity contribution >= 4 is 17.8 Å². The molecule has 0 radical (unpaired) electrons. The van der Waals surface area contributed by atoms with E-state index in [4.69, 9.17) is 23.7 Å². The van der Waals surface area contributed by atoms with Gasteiger partial charge in [-0.25, -0.2) is 0 Å². The van der Waals surface area contributed by atoms with E-state index in [0.29, 0.717) is 34.1 Å². The summed E-state index contributed by atoms with van der Waals surface area (Å²) in [6.07, 6.45) is 3.03. The minimum Gasteiger partial charge on any atom is -0.493 e. The Balaban J connectivity index is 2.32. The Morgan fingerprint density at radius 3 is 1.89 bits per heavy atom. The third-order valence-corrected chi connectivity index (χ3v) is 3.82. The van der Waals surface area contributed by atoms with Crippen LogP contribution in [0, 0.1) is 0 Å². The predicted molar refractivity (Wildman–Crippen MR) is 104 cm³/mol. The van der Waals surface area contributed by atoms with Gasteiger partial charge in [-0.15, -0.1) is 0 Å². The van der Waals surface area contributed by atoms with Crippen LogP contribution in [0.15, 0.2) is 36.4 Å². The lowest BCUT2D eigenvalue weighted by Gasteiger charge is -2.12. The number of allylic oxidation sites excluding steroid dienone is 1. The van der Waals surface area contributed by atoms with E-state index >= 15 is 0 Å². The van der Waals surface area contributed by atoms with Gasteiger partial charge in [0.25, 0.3) is 0 Å². The number of esters is 1. The molecule has 0 heterocycles. The second-order valence-corrected chi connectivity index (χ2v) is 5.62. The number of methoxy groups -OCH3 is 4. The number of hydrogen-bond acceptors (Lipinski definition) is 7. The monoisotopic (exact) mass is 386 g/mol. The second-order valence-electron chi connectivity index (χ2n) is 5.62. The van der Waals surface area contributed by atoms with Crippen molar-refractivity contribution in [2.75, 3.05) is 28.4 Å². The summed E-state index contributed by atoms with van der Waals surface area (Å²) in [5, 5.41) is 0. The predicted octanol–water partition coefficient (Wildman–Crippen LogP) is 3.54. The minimum atomic E-state index is -0.504. The summed E-state index contributed by atoms with van der Waals surface area (Å²) in [4.78, 5) is 23.8. The van der Waals surface area contributed by atoms with Crippen molar-refractivity contribution < 1.29 is 33.3 Å². The molecule has 2 rings (SSSR count). The quantitative estimate of drug-likeness (QED) is 0.297. The van der Waals surface area contributed by atoms with Crippen LogP contribution < -0.4 is 23.7 Å². The van der Waals surface area contributed by atoms with Crippen molar-refractivity contribution in [1.82, 2.24) is 0 Å². The third-order valence-electron chi connectivity index (χ3n) is 3.82. The van der Waals surface area contributed by atoms with Gasteiger partial charge in [-0.1, -0.05) is 6.08 Å². The van der Waals surface area contributed by atoms with E-state index in [0.717, 1.165) is 0 Å². The van der Waals surface area contributed by atoms with Crippen LogP contribution in [0.3, 0.4) is 0 Å². The average molecular weight is 386 g/mol. The summed E-state index contributed by atoms with van der Waals surface area (Å²) in [5.74, 6) is 1.20. The molecule has 0 aromatic heterocycles. The fraction of sp³-hybridized carbons (Fsp3) is 0.238. The molecular weight excluding hydrogens is 364 g/mol. The van der Waals surface area contributed by atoms with Gasteiger partial charge in [0, 0.05) is 12.5 Å². The summed E-state index contributed by atoms with van der Waals surface area (Å²) in [7, 11) is 6.01. The summed E-state index contributed by atoms with van der Waals surface area (Å²) in [6, 6.07) is 8.07. The van der Waals surface area contributed by atoms with Crippen molar-refractivity contribution in [1.29, 1.82) is 0 Å². The van der Waals surface area contributed by atoms with Crippen LogP contribution in [-0.2, 0) is 4.79 Å². The molecule has 7 heteroatoms. The lowest BCUT2D eigenvalue weighted by atomic mass is 10.1. The molecule has 0 unspecified atom stereocenters. The van der Waals surface area contributed by atoms with E-state index in [-0.39, 0.29) is 11.5 Å². The molecule has 0 aliphatic rings. The van der Waals surface area contributed by atoms with Crippen LogP contribution in [0.25, 0.3) is 6.08 Å². The molecule has 0 spiro atoms. The molecule has 2 aromatic rings. The summed E-state index contributed by atoms with van der Waals surface area (Å²) >= 11 is 0. The molecule has 0 amide bonds. The normalized spacial score (nSPS) is 10.5. The summed E-state index contributed by atoms with van der Waals surface area (Å²) in [6.45, 7) is 1.28. The Hall–Kier alpha value is -3.48. The van der Waals surface area contributed by atoms with E-state index in [1.165, 1.54) is 47.5 Å². The zero-order valence-electron chi connectivity index (χ0n) is 16.4. The molecule has 148 valence electrons. The topological polar surface area (TPSA) is 80.3 Å². The molecule has 7 nitrogen and oxygen atoms in total. The average Bonchev–Trinajstić information content (AvgIpc) is 2.70. The van der Waals surface area contributed by atoms with E-state index in [2.05, 4.69) is 0 Å². The molecule has 0 atom stereocenters. The Kier molecular flexibility index (Phi) is 7.03. The van der Waals surface area contributed by atoms with Gasteiger partial charge in [-0.05, 0) is 42.0 Å². The molecule has 0 aliphatic heterocycles. The van der Waals surface area contributed by atoms with Gasteiger partial charge in [-0.2, -0.15) is 0 Å². The van der Waals surface area contributed by atoms with E-state index < -0.39 is 5.97 Å². The van der Waals surface area contributed by atoms with Crippen molar-refractivity contribution in [3.63, 3.8) is 0 Å². The number of carbonyl (C=O) groups excluding carboxylic acids is 2. The molecule has 2 aromatic carbocycles. The lowest BCUT2D eigenvalue weighted by Crippen LogP contribution is -2.04. The van der Waals surface area contributed by atoms with E-state index in [1.54, 1.807) is 30.3 Å². The first-order chi connectivity index (χ1) is 13.4. The smallest absolute Gasteiger partial charge is 0.308 e. The Morgan fingerprint density at radius 2 is 1.39 bits per heavy atom. The van der Waals surface area contributed by atoms with Crippen LogP contribution in [0.4, 0.5) is 0 Å². The number of hydrogen-bond donors (Lipinski definition) is 0. The SMILES string of the molecule is COc1ccc(C(=O)C=Cc2cc(OC)c(OC)c(OC)c2)cc1OC(C)=O. The van der Waals surface area contributed by atoms with Gasteiger partial charge in [0.1, 0.15) is 0 Å². The zero-order chi connectivity index (χ0) is 20.7. The van der Waals surface area contributed by atoms with Crippen LogP contribution in [-0.4, -0.2) is 40.2 Å². The first-order valence-corrected chi connectivity index (χ1v) is 8.32. The molecule has 28 heavy (non-hydrogen) atoms. The molecule has 0 aliphatic carbocycles. The van der Waals surface area contributed by atoms with Crippen LogP contribution in [0.2, 0.25) is 0 Å². The van der Waals surface area contributed by atoms with Gasteiger partial charge in [0.05, 0.1) is 28.4 Å². The van der Waals surface area contributed by atoms with Gasteiger partial charge in [0.2, 0.25) is 5.75 Å². The van der Waals surface area contributed by atoms with Crippen LogP contribution in [0.1, 0.15) is 22.8 Å². The van der Waals surface area contributed by atoms with Gasteiger partial charge >= 0.3 is 5.97 Å².